The van der Waals surface area contributed by atoms with Crippen molar-refractivity contribution in [1.29, 1.82) is 0 Å². The Hall–Kier alpha value is -9.09. The van der Waals surface area contributed by atoms with Gasteiger partial charge < -0.3 is 4.40 Å². The van der Waals surface area contributed by atoms with Gasteiger partial charge in [0.05, 0.1) is 16.6 Å². The number of rotatable bonds is 8. The molecule has 6 nitrogen and oxygen atoms in total. The van der Waals surface area contributed by atoms with Crippen LogP contribution in [0.2, 0.25) is 0 Å². The first-order valence-corrected chi connectivity index (χ1v) is 27.3. The molecule has 7 heteroatoms. The summed E-state index contributed by atoms with van der Waals surface area (Å²) in [6.45, 7) is 4.21. The number of para-hydroxylation sites is 5. The molecule has 0 saturated carbocycles. The summed E-state index contributed by atoms with van der Waals surface area (Å²) in [4.78, 5) is 5.12. The molecule has 0 atom stereocenters. The van der Waals surface area contributed by atoms with Gasteiger partial charge in [-0.3, -0.25) is 0 Å². The summed E-state index contributed by atoms with van der Waals surface area (Å²) in [5.74, 6) is 1.46. The van der Waals surface area contributed by atoms with Crippen molar-refractivity contribution < 1.29 is 28.2 Å². The van der Waals surface area contributed by atoms with Gasteiger partial charge in [0.15, 0.2) is 0 Å². The second kappa shape index (κ2) is 17.7. The van der Waals surface area contributed by atoms with Gasteiger partial charge in [0.25, 0.3) is 0 Å². The zero-order valence-corrected chi connectivity index (χ0v) is 45.1. The molecule has 5 aromatic heterocycles. The molecule has 0 unspecified atom stereocenters. The van der Waals surface area contributed by atoms with Crippen molar-refractivity contribution in [3.8, 4) is 62.1 Å². The van der Waals surface area contributed by atoms with Crippen LogP contribution in [0.15, 0.2) is 225 Å². The predicted octanol–water partition coefficient (Wildman–Crippen LogP) is 18.1. The second-order valence-corrected chi connectivity index (χ2v) is 22.1. The van der Waals surface area contributed by atoms with Crippen LogP contribution < -0.4 is 4.74 Å². The van der Waals surface area contributed by atoms with E-state index in [1.54, 1.807) is 12.3 Å². The van der Waals surface area contributed by atoms with Crippen molar-refractivity contribution in [1.82, 2.24) is 23.1 Å². The van der Waals surface area contributed by atoms with Gasteiger partial charge in [-0.1, -0.05) is 66.7 Å². The molecule has 78 heavy (non-hydrogen) atoms. The van der Waals surface area contributed by atoms with E-state index < -0.39 is 6.85 Å². The van der Waals surface area contributed by atoms with Gasteiger partial charge in [0.2, 0.25) is 0 Å². The van der Waals surface area contributed by atoms with Crippen LogP contribution >= 0.6 is 0 Å². The molecule has 15 rings (SSSR count). The van der Waals surface area contributed by atoms with Crippen LogP contribution in [0.5, 0.6) is 11.5 Å². The van der Waals surface area contributed by atoms with Crippen LogP contribution in [0.4, 0.5) is 0 Å². The fraction of sp³-hybridized carbons (Fsp3) is 0.0704. The fourth-order valence-corrected chi connectivity index (χ4v) is 12.9. The van der Waals surface area contributed by atoms with Crippen LogP contribution in [0.1, 0.15) is 36.0 Å². The quantitative estimate of drug-likeness (QED) is 0.142. The van der Waals surface area contributed by atoms with E-state index in [0.717, 1.165) is 92.3 Å². The van der Waals surface area contributed by atoms with Crippen molar-refractivity contribution in [3.05, 3.63) is 252 Å². The normalized spacial score (nSPS) is 12.9. The minimum absolute atomic E-state index is 0.210. The Kier molecular flexibility index (Phi) is 9.79. The van der Waals surface area contributed by atoms with E-state index >= 15 is 0 Å². The Morgan fingerprint density at radius 3 is 1.74 bits per heavy atom. The molecule has 0 saturated heterocycles. The summed E-state index contributed by atoms with van der Waals surface area (Å²) in [5.41, 5.74) is 15.7. The van der Waals surface area contributed by atoms with Gasteiger partial charge in [-0.05, 0) is 24.0 Å². The van der Waals surface area contributed by atoms with E-state index in [9.17, 15) is 0 Å². The number of fused-ring (bicyclic) bond motifs is 10. The molecule has 0 bridgehead atoms. The van der Waals surface area contributed by atoms with Gasteiger partial charge >= 0.3 is 320 Å². The van der Waals surface area contributed by atoms with Gasteiger partial charge in [0.1, 0.15) is 0 Å². The number of hydrogen-bond acceptors (Lipinski definition) is 2. The molecule has 0 fully saturated rings. The Morgan fingerprint density at radius 2 is 1.06 bits per heavy atom. The number of aryl methyl sites for hydroxylation is 1. The van der Waals surface area contributed by atoms with Crippen molar-refractivity contribution in [2.45, 2.75) is 33.0 Å². The summed E-state index contributed by atoms with van der Waals surface area (Å²) in [6.07, 6.45) is 1.70. The van der Waals surface area contributed by atoms with Crippen LogP contribution in [0.3, 0.4) is 0 Å². The molecule has 10 aromatic carbocycles. The van der Waals surface area contributed by atoms with Gasteiger partial charge in [-0.15, -0.1) is 0 Å². The molecule has 0 spiro atoms. The second-order valence-electron chi connectivity index (χ2n) is 21.1. The summed E-state index contributed by atoms with van der Waals surface area (Å²) in [7, 11) is 0. The topological polar surface area (TPSA) is 41.3 Å². The number of nitrogens with zero attached hydrogens (tertiary/aromatic N) is 5. The van der Waals surface area contributed by atoms with Gasteiger partial charge in [-0.25, -0.2) is 0 Å². The molecule has 376 valence electrons. The fourth-order valence-electron chi connectivity index (χ4n) is 11.8. The van der Waals surface area contributed by atoms with E-state index in [4.69, 9.17) is 13.8 Å². The Bertz CT molecular complexity index is 5010. The molecule has 0 aliphatic carbocycles. The number of pyridine rings is 1. The molecule has 0 radical (unpaired) electrons. The molecule has 5 heterocycles. The number of benzene rings is 10. The third-order valence-corrected chi connectivity index (χ3v) is 16.5. The van der Waals surface area contributed by atoms with Crippen LogP contribution in [-0.2, 0) is 24.8 Å². The summed E-state index contributed by atoms with van der Waals surface area (Å²) < 4.78 is 43.7. The average molecular weight is 1190 g/mol. The van der Waals surface area contributed by atoms with E-state index in [0.29, 0.717) is 28.4 Å². The molecule has 0 amide bonds. The first-order chi connectivity index (χ1) is 39.4. The number of hydrogen-bond donors (Lipinski definition) is 0. The van der Waals surface area contributed by atoms with Crippen molar-refractivity contribution in [3.63, 3.8) is 0 Å². The average Bonchev–Trinajstić information content (AvgIpc) is 2.89. The molecule has 0 N–H and O–H groups in total. The summed E-state index contributed by atoms with van der Waals surface area (Å²) in [5, 5.41) is 6.59. The van der Waals surface area contributed by atoms with E-state index in [-0.39, 0.29) is 11.0 Å². The number of ether oxygens (including phenoxy) is 1. The smallest absolute Gasteiger partial charge is 0.0622 e. The zero-order chi connectivity index (χ0) is 54.9. The Labute approximate surface area is 466 Å². The van der Waals surface area contributed by atoms with Crippen LogP contribution in [-0.4, -0.2) is 23.1 Å². The molecular formula is C71H49N5OPt-2. The summed E-state index contributed by atoms with van der Waals surface area (Å²) >= 11 is 2.48. The SMILES string of the molecule is [2H]C([2H])([2H])c1cc(-n2c3[c-]c(Oc4[c-]c(-n5[c](=[Pt])n(-c6c(-c7ccccc7)cccc6-c6ccccc6)c6ccccc65)cc(C(C)(C)C)c4)ccc3c3cc4c5cccc6c7ccccc7n(c4cc32)c65)ncc1-c1ccccc1. The standard InChI is InChI=1S/C71H49N5O.Pt/c1-45-36-68(72-43-61(45)48-24-12-7-13-25-48)75-65-40-51(34-35-56(65)59-41-60-58-30-19-29-57-55-26-14-15-31-62(55)76(70(57)58)67(60)42-66(59)75)77-52-38-49(71(2,3)4)37-50(39-52)73-44-74(64-33-17-16-32-63(64)73)69-53(46-20-8-5-9-21-46)27-18-28-54(69)47-22-10-6-11-23-47;/h5-38,41-43H,1-4H3;/q-2;/i1D3;. The van der Waals surface area contributed by atoms with Crippen LogP contribution in [0, 0.1) is 22.8 Å². The number of aromatic nitrogens is 5. The van der Waals surface area contributed by atoms with Crippen LogP contribution in [0.25, 0.3) is 122 Å². The third kappa shape index (κ3) is 7.20. The molecule has 15 aromatic rings. The van der Waals surface area contributed by atoms with E-state index in [2.05, 4.69) is 246 Å². The monoisotopic (exact) mass is 1190 g/mol. The zero-order valence-electron chi connectivity index (χ0n) is 45.8. The van der Waals surface area contributed by atoms with Gasteiger partial charge in [-0.2, -0.15) is 0 Å². The Balaban J connectivity index is 0.940. The van der Waals surface area contributed by atoms with Gasteiger partial charge in [0, 0.05) is 37.4 Å². The number of imidazole rings is 1. The van der Waals surface area contributed by atoms with Crippen molar-refractivity contribution >= 4 is 70.9 Å². The maximum atomic E-state index is 8.86. The molecule has 0 aliphatic rings. The summed E-state index contributed by atoms with van der Waals surface area (Å²) in [6, 6.07) is 83.2. The first kappa shape index (κ1) is 43.1. The van der Waals surface area contributed by atoms with E-state index in [1.165, 1.54) is 21.7 Å². The minimum atomic E-state index is -2.44. The van der Waals surface area contributed by atoms with E-state index in [1.807, 2.05) is 36.4 Å². The molecule has 0 aliphatic heterocycles. The van der Waals surface area contributed by atoms with Crippen molar-refractivity contribution in [2.75, 3.05) is 0 Å². The third-order valence-electron chi connectivity index (χ3n) is 15.5. The predicted molar refractivity (Wildman–Crippen MR) is 317 cm³/mol. The maximum absolute atomic E-state index is 8.86. The molecular weight excluding hydrogens is 1130 g/mol. The minimum Gasteiger partial charge on any atom is -0.0622 e. The first-order valence-electron chi connectivity index (χ1n) is 27.7. The Morgan fingerprint density at radius 1 is 0.474 bits per heavy atom. The van der Waals surface area contributed by atoms with Crippen molar-refractivity contribution in [2.24, 2.45) is 0 Å².